The fourth-order valence-electron chi connectivity index (χ4n) is 5.95. The zero-order chi connectivity index (χ0) is 27.8. The molecular weight excluding hydrogens is 506 g/mol. The van der Waals surface area contributed by atoms with E-state index in [-0.39, 0.29) is 37.5 Å². The van der Waals surface area contributed by atoms with Crippen molar-refractivity contribution in [2.24, 2.45) is 0 Å². The molecule has 2 fully saturated rings. The van der Waals surface area contributed by atoms with E-state index < -0.39 is 12.2 Å². The van der Waals surface area contributed by atoms with Crippen LogP contribution in [0.1, 0.15) is 11.1 Å². The van der Waals surface area contributed by atoms with Gasteiger partial charge in [-0.3, -0.25) is 14.6 Å². The summed E-state index contributed by atoms with van der Waals surface area (Å²) in [5.74, 6) is -0.294. The van der Waals surface area contributed by atoms with Crippen LogP contribution in [0.25, 0.3) is 21.7 Å². The minimum atomic E-state index is -0.717. The Hall–Kier alpha value is -4.63. The number of carbonyl (C=O) groups is 3. The van der Waals surface area contributed by atoms with E-state index in [0.717, 1.165) is 32.9 Å². The zero-order valence-electron chi connectivity index (χ0n) is 22.3. The van der Waals surface area contributed by atoms with Gasteiger partial charge >= 0.3 is 6.03 Å². The predicted molar refractivity (Wildman–Crippen MR) is 152 cm³/mol. The normalized spacial score (nSPS) is 19.3. The van der Waals surface area contributed by atoms with Crippen molar-refractivity contribution in [2.75, 3.05) is 26.7 Å². The predicted octanol–water partition coefficient (Wildman–Crippen LogP) is 3.75. The van der Waals surface area contributed by atoms with Crippen molar-refractivity contribution < 1.29 is 18.8 Å². The Labute approximate surface area is 232 Å². The second-order valence-electron chi connectivity index (χ2n) is 10.2. The summed E-state index contributed by atoms with van der Waals surface area (Å²) in [5, 5.41) is 9.05. The van der Waals surface area contributed by atoms with E-state index in [1.807, 2.05) is 53.4 Å². The number of fused-ring (bicyclic) bond motifs is 3. The van der Waals surface area contributed by atoms with Crippen LogP contribution in [-0.4, -0.2) is 76.6 Å². The number of hydrazine groups is 1. The molecule has 1 N–H and O–H groups in total. The fourth-order valence-corrected chi connectivity index (χ4v) is 5.95. The van der Waals surface area contributed by atoms with Gasteiger partial charge in [-0.25, -0.2) is 4.79 Å². The van der Waals surface area contributed by atoms with Crippen LogP contribution in [0.3, 0.4) is 0 Å². The molecule has 4 amide bonds. The van der Waals surface area contributed by atoms with E-state index >= 15 is 0 Å². The molecule has 2 atom stereocenters. The van der Waals surface area contributed by atoms with Crippen LogP contribution in [0, 0.1) is 0 Å². The minimum Gasteiger partial charge on any atom is -0.464 e. The van der Waals surface area contributed by atoms with Crippen LogP contribution in [0.4, 0.5) is 4.79 Å². The average Bonchev–Trinajstić information content (AvgIpc) is 3.57. The highest BCUT2D eigenvalue weighted by Gasteiger charge is 2.52. The number of furan rings is 1. The first kappa shape index (κ1) is 25.6. The summed E-state index contributed by atoms with van der Waals surface area (Å²) in [4.78, 5) is 44.0. The lowest BCUT2D eigenvalue weighted by molar-refractivity contribution is -0.157. The van der Waals surface area contributed by atoms with Crippen LogP contribution in [-0.2, 0) is 22.6 Å². The first-order chi connectivity index (χ1) is 19.5. The number of nitrogens with zero attached hydrogens (tertiary/aromatic N) is 4. The molecule has 0 saturated carbocycles. The Balaban J connectivity index is 1.38. The highest BCUT2D eigenvalue weighted by atomic mass is 16.3. The number of piperazine rings is 1. The van der Waals surface area contributed by atoms with Gasteiger partial charge in [0.2, 0.25) is 11.8 Å². The maximum atomic E-state index is 14.2. The molecule has 204 valence electrons. The number of rotatable bonds is 7. The Morgan fingerprint density at radius 3 is 2.75 bits per heavy atom. The van der Waals surface area contributed by atoms with Gasteiger partial charge in [-0.05, 0) is 40.1 Å². The number of hydrogen-bond acceptors (Lipinski definition) is 5. The van der Waals surface area contributed by atoms with Gasteiger partial charge in [0.05, 0.1) is 25.9 Å². The molecule has 0 aliphatic carbocycles. The molecule has 3 aromatic carbocycles. The molecular formula is C31H31N5O4. The molecule has 0 radical (unpaired) electrons. The molecule has 6 rings (SSSR count). The Morgan fingerprint density at radius 2 is 1.93 bits per heavy atom. The van der Waals surface area contributed by atoms with E-state index in [9.17, 15) is 14.4 Å². The molecule has 40 heavy (non-hydrogen) atoms. The number of benzene rings is 3. The number of carbonyl (C=O) groups excluding carboxylic acids is 3. The SMILES string of the molecule is C=CCN(C(=O)NC)N1CC(=O)N2[C@@H](Cc3ccc4occc4c3)C(=O)N(Cc3cccc4ccccc34)C[C@@H]21. The molecule has 0 bridgehead atoms. The van der Waals surface area contributed by atoms with Crippen molar-refractivity contribution in [3.05, 3.63) is 96.8 Å². The first-order valence-corrected chi connectivity index (χ1v) is 13.4. The van der Waals surface area contributed by atoms with Crippen molar-refractivity contribution in [2.45, 2.75) is 25.2 Å². The highest BCUT2D eigenvalue weighted by molar-refractivity contribution is 5.92. The number of urea groups is 1. The maximum Gasteiger partial charge on any atom is 0.332 e. The Bertz CT molecular complexity index is 1610. The van der Waals surface area contributed by atoms with Crippen LogP contribution in [0.15, 0.2) is 90.1 Å². The Morgan fingerprint density at radius 1 is 1.10 bits per heavy atom. The topological polar surface area (TPSA) is 89.3 Å². The smallest absolute Gasteiger partial charge is 0.332 e. The second-order valence-corrected chi connectivity index (χ2v) is 10.2. The molecule has 2 aliphatic heterocycles. The number of hydrogen-bond donors (Lipinski definition) is 1. The fraction of sp³-hybridized carbons (Fsp3) is 0.258. The minimum absolute atomic E-state index is 0.00141. The van der Waals surface area contributed by atoms with Gasteiger partial charge in [0, 0.05) is 25.4 Å². The maximum absolute atomic E-state index is 14.2. The van der Waals surface area contributed by atoms with Gasteiger partial charge in [-0.15, -0.1) is 6.58 Å². The van der Waals surface area contributed by atoms with Crippen LogP contribution < -0.4 is 5.32 Å². The van der Waals surface area contributed by atoms with E-state index in [1.54, 1.807) is 29.3 Å². The van der Waals surface area contributed by atoms with Crippen molar-refractivity contribution in [3.63, 3.8) is 0 Å². The molecule has 2 saturated heterocycles. The second kappa shape index (κ2) is 10.5. The van der Waals surface area contributed by atoms with Gasteiger partial charge in [0.1, 0.15) is 17.8 Å². The molecule has 1 aromatic heterocycles. The molecule has 0 unspecified atom stereocenters. The number of nitrogens with one attached hydrogen (secondary N) is 1. The van der Waals surface area contributed by atoms with Gasteiger partial charge in [0.15, 0.2) is 0 Å². The monoisotopic (exact) mass is 537 g/mol. The lowest BCUT2D eigenvalue weighted by atomic mass is 9.98. The third-order valence-corrected chi connectivity index (χ3v) is 7.81. The van der Waals surface area contributed by atoms with Gasteiger partial charge in [-0.1, -0.05) is 54.6 Å². The summed E-state index contributed by atoms with van der Waals surface area (Å²) in [6, 6.07) is 20.9. The van der Waals surface area contributed by atoms with Crippen LogP contribution >= 0.6 is 0 Å². The summed E-state index contributed by atoms with van der Waals surface area (Å²) in [7, 11) is 1.56. The molecule has 4 aromatic rings. The molecule has 0 spiro atoms. The highest BCUT2D eigenvalue weighted by Crippen LogP contribution is 2.31. The number of amides is 4. The third kappa shape index (κ3) is 4.48. The quantitative estimate of drug-likeness (QED) is 0.363. The first-order valence-electron chi connectivity index (χ1n) is 13.4. The van der Waals surface area contributed by atoms with Crippen molar-refractivity contribution >= 4 is 39.6 Å². The van der Waals surface area contributed by atoms with Crippen LogP contribution in [0.2, 0.25) is 0 Å². The molecule has 3 heterocycles. The van der Waals surface area contributed by atoms with Crippen molar-refractivity contribution in [1.82, 2.24) is 25.1 Å². The van der Waals surface area contributed by atoms with Gasteiger partial charge in [-0.2, -0.15) is 5.01 Å². The largest absolute Gasteiger partial charge is 0.464 e. The van der Waals surface area contributed by atoms with E-state index in [1.165, 1.54) is 5.01 Å². The molecule has 9 heteroatoms. The third-order valence-electron chi connectivity index (χ3n) is 7.81. The van der Waals surface area contributed by atoms with E-state index in [0.29, 0.717) is 13.0 Å². The zero-order valence-corrected chi connectivity index (χ0v) is 22.3. The Kier molecular flexibility index (Phi) is 6.73. The molecule has 9 nitrogen and oxygen atoms in total. The van der Waals surface area contributed by atoms with Gasteiger partial charge < -0.3 is 19.5 Å². The summed E-state index contributed by atoms with van der Waals surface area (Å²) in [5.41, 5.74) is 2.73. The summed E-state index contributed by atoms with van der Waals surface area (Å²) < 4.78 is 5.49. The van der Waals surface area contributed by atoms with Gasteiger partial charge in [0.25, 0.3) is 0 Å². The lowest BCUT2D eigenvalue weighted by Crippen LogP contribution is -2.65. The van der Waals surface area contributed by atoms with Crippen molar-refractivity contribution in [3.8, 4) is 0 Å². The average molecular weight is 538 g/mol. The summed E-state index contributed by atoms with van der Waals surface area (Å²) in [6.07, 6.45) is 3.11. The lowest BCUT2D eigenvalue weighted by Gasteiger charge is -2.46. The van der Waals surface area contributed by atoms with Crippen LogP contribution in [0.5, 0.6) is 0 Å². The summed E-state index contributed by atoms with van der Waals surface area (Å²) in [6.45, 7) is 4.69. The molecule has 2 aliphatic rings. The van der Waals surface area contributed by atoms with E-state index in [2.05, 4.69) is 30.1 Å². The summed E-state index contributed by atoms with van der Waals surface area (Å²) >= 11 is 0. The van der Waals surface area contributed by atoms with Crippen molar-refractivity contribution in [1.29, 1.82) is 0 Å². The standard InChI is InChI=1S/C31H31N5O4/c1-3-14-34(31(39)32-2)35-20-29(37)36-26(17-21-11-12-27-23(16-21)13-15-40-27)30(38)33(19-28(35)36)18-24-9-6-8-22-7-4-5-10-25(22)24/h3-13,15-16,26,28H,1,14,17-20H2,2H3,(H,32,39)/t26-,28+/m0/s1. The van der Waals surface area contributed by atoms with E-state index in [4.69, 9.17) is 4.42 Å².